The van der Waals surface area contributed by atoms with Crippen molar-refractivity contribution in [3.8, 4) is 0 Å². The predicted molar refractivity (Wildman–Crippen MR) is 34.0 cm³/mol. The molecule has 0 heterocycles. The summed E-state index contributed by atoms with van der Waals surface area (Å²) in [6.07, 6.45) is -4.16. The summed E-state index contributed by atoms with van der Waals surface area (Å²) in [7, 11) is 0. The molecule has 0 aliphatic heterocycles. The highest BCUT2D eigenvalue weighted by Gasteiger charge is 2.34. The SMILES string of the molecule is OC(CC1CC1)CC(F)(F)F. The van der Waals surface area contributed by atoms with Crippen LogP contribution in [-0.4, -0.2) is 17.4 Å². The number of rotatable bonds is 3. The standard InChI is InChI=1S/C7H11F3O/c8-7(9,10)4-6(11)3-5-1-2-5/h5-6,11H,1-4H2. The van der Waals surface area contributed by atoms with Crippen LogP contribution in [0.15, 0.2) is 0 Å². The van der Waals surface area contributed by atoms with E-state index in [-0.39, 0.29) is 0 Å². The molecule has 0 radical (unpaired) electrons. The first kappa shape index (κ1) is 8.84. The Morgan fingerprint density at radius 1 is 1.36 bits per heavy atom. The lowest BCUT2D eigenvalue weighted by atomic mass is 10.1. The molecule has 0 saturated heterocycles. The summed E-state index contributed by atoms with van der Waals surface area (Å²) in [6, 6.07) is 0. The first-order chi connectivity index (χ1) is 4.97. The number of aliphatic hydroxyl groups excluding tert-OH is 1. The Balaban J connectivity index is 2.13. The molecule has 11 heavy (non-hydrogen) atoms. The maximum absolute atomic E-state index is 11.6. The van der Waals surface area contributed by atoms with Crippen LogP contribution in [0.5, 0.6) is 0 Å². The molecular weight excluding hydrogens is 157 g/mol. The van der Waals surface area contributed by atoms with Gasteiger partial charge in [-0.15, -0.1) is 0 Å². The van der Waals surface area contributed by atoms with Gasteiger partial charge in [-0.3, -0.25) is 0 Å². The van der Waals surface area contributed by atoms with E-state index < -0.39 is 18.7 Å². The zero-order chi connectivity index (χ0) is 8.48. The Morgan fingerprint density at radius 3 is 2.27 bits per heavy atom. The third-order valence-electron chi connectivity index (χ3n) is 1.77. The minimum atomic E-state index is -4.21. The van der Waals surface area contributed by atoms with Crippen LogP contribution in [-0.2, 0) is 0 Å². The molecule has 0 bridgehead atoms. The van der Waals surface area contributed by atoms with Crippen LogP contribution >= 0.6 is 0 Å². The number of halogens is 3. The van der Waals surface area contributed by atoms with Crippen molar-refractivity contribution in [1.29, 1.82) is 0 Å². The highest BCUT2D eigenvalue weighted by molar-refractivity contribution is 4.77. The largest absolute Gasteiger partial charge is 0.393 e. The fourth-order valence-corrected chi connectivity index (χ4v) is 1.09. The van der Waals surface area contributed by atoms with Gasteiger partial charge in [-0.25, -0.2) is 0 Å². The van der Waals surface area contributed by atoms with Crippen molar-refractivity contribution in [3.05, 3.63) is 0 Å². The van der Waals surface area contributed by atoms with Gasteiger partial charge in [0.15, 0.2) is 0 Å². The number of alkyl halides is 3. The molecule has 1 atom stereocenters. The molecule has 0 spiro atoms. The molecular formula is C7H11F3O. The van der Waals surface area contributed by atoms with Crippen molar-refractivity contribution in [2.45, 2.75) is 38.0 Å². The van der Waals surface area contributed by atoms with Gasteiger partial charge in [0.2, 0.25) is 0 Å². The van der Waals surface area contributed by atoms with E-state index in [9.17, 15) is 13.2 Å². The van der Waals surface area contributed by atoms with Gasteiger partial charge in [0.25, 0.3) is 0 Å². The van der Waals surface area contributed by atoms with Crippen molar-refractivity contribution in [2.24, 2.45) is 5.92 Å². The van der Waals surface area contributed by atoms with E-state index in [1.165, 1.54) is 0 Å². The second kappa shape index (κ2) is 3.01. The lowest BCUT2D eigenvalue weighted by Gasteiger charge is -2.11. The molecule has 1 fully saturated rings. The van der Waals surface area contributed by atoms with Crippen LogP contribution in [0.2, 0.25) is 0 Å². The van der Waals surface area contributed by atoms with E-state index >= 15 is 0 Å². The summed E-state index contributed by atoms with van der Waals surface area (Å²) >= 11 is 0. The molecule has 0 amide bonds. The normalized spacial score (nSPS) is 21.8. The molecule has 1 aliphatic rings. The van der Waals surface area contributed by atoms with Crippen LogP contribution in [0.1, 0.15) is 25.7 Å². The smallest absolute Gasteiger partial charge is 0.391 e. The molecule has 66 valence electrons. The Labute approximate surface area is 63.2 Å². The van der Waals surface area contributed by atoms with Crippen LogP contribution in [0.4, 0.5) is 13.2 Å². The topological polar surface area (TPSA) is 20.2 Å². The Bertz CT molecular complexity index is 128. The summed E-state index contributed by atoms with van der Waals surface area (Å²) in [5.41, 5.74) is 0. The fourth-order valence-electron chi connectivity index (χ4n) is 1.09. The second-order valence-corrected chi connectivity index (χ2v) is 3.15. The van der Waals surface area contributed by atoms with E-state index in [4.69, 9.17) is 5.11 Å². The highest BCUT2D eigenvalue weighted by Crippen LogP contribution is 2.35. The number of hydrogen-bond donors (Lipinski definition) is 1. The summed E-state index contributed by atoms with van der Waals surface area (Å²) in [5, 5.41) is 8.88. The zero-order valence-corrected chi connectivity index (χ0v) is 6.06. The van der Waals surface area contributed by atoms with Gasteiger partial charge in [-0.05, 0) is 12.3 Å². The van der Waals surface area contributed by atoms with Gasteiger partial charge in [0, 0.05) is 0 Å². The van der Waals surface area contributed by atoms with Crippen LogP contribution in [0.25, 0.3) is 0 Å². The molecule has 1 rings (SSSR count). The zero-order valence-electron chi connectivity index (χ0n) is 6.06. The van der Waals surface area contributed by atoms with Crippen molar-refractivity contribution in [1.82, 2.24) is 0 Å². The highest BCUT2D eigenvalue weighted by atomic mass is 19.4. The Morgan fingerprint density at radius 2 is 1.91 bits per heavy atom. The third kappa shape index (κ3) is 4.24. The first-order valence-electron chi connectivity index (χ1n) is 3.72. The quantitative estimate of drug-likeness (QED) is 0.684. The van der Waals surface area contributed by atoms with Gasteiger partial charge in [0.05, 0.1) is 12.5 Å². The van der Waals surface area contributed by atoms with Gasteiger partial charge in [-0.2, -0.15) is 13.2 Å². The molecule has 1 N–H and O–H groups in total. The van der Waals surface area contributed by atoms with Gasteiger partial charge in [-0.1, -0.05) is 12.8 Å². The van der Waals surface area contributed by atoms with Crippen molar-refractivity contribution in [2.75, 3.05) is 0 Å². The monoisotopic (exact) mass is 168 g/mol. The van der Waals surface area contributed by atoms with Gasteiger partial charge < -0.3 is 5.11 Å². The summed E-state index contributed by atoms with van der Waals surface area (Å²) in [4.78, 5) is 0. The molecule has 0 aromatic heterocycles. The van der Waals surface area contributed by atoms with E-state index in [1.807, 2.05) is 0 Å². The minimum absolute atomic E-state index is 0.319. The molecule has 1 nitrogen and oxygen atoms in total. The van der Waals surface area contributed by atoms with Crippen molar-refractivity contribution in [3.63, 3.8) is 0 Å². The summed E-state index contributed by atoms with van der Waals surface area (Å²) in [5.74, 6) is 0.354. The van der Waals surface area contributed by atoms with Crippen molar-refractivity contribution < 1.29 is 18.3 Å². The van der Waals surface area contributed by atoms with Gasteiger partial charge >= 0.3 is 6.18 Å². The predicted octanol–water partition coefficient (Wildman–Crippen LogP) is 2.10. The average molecular weight is 168 g/mol. The number of aliphatic hydroxyl groups is 1. The molecule has 4 heteroatoms. The molecule has 0 aromatic carbocycles. The third-order valence-corrected chi connectivity index (χ3v) is 1.77. The Hall–Kier alpha value is -0.250. The van der Waals surface area contributed by atoms with E-state index in [2.05, 4.69) is 0 Å². The molecule has 1 aliphatic carbocycles. The molecule has 1 unspecified atom stereocenters. The van der Waals surface area contributed by atoms with Gasteiger partial charge in [0.1, 0.15) is 0 Å². The minimum Gasteiger partial charge on any atom is -0.393 e. The maximum atomic E-state index is 11.6. The van der Waals surface area contributed by atoms with Crippen molar-refractivity contribution >= 4 is 0 Å². The van der Waals surface area contributed by atoms with E-state index in [0.29, 0.717) is 12.3 Å². The van der Waals surface area contributed by atoms with E-state index in [1.54, 1.807) is 0 Å². The second-order valence-electron chi connectivity index (χ2n) is 3.15. The fraction of sp³-hybridized carbons (Fsp3) is 1.00. The maximum Gasteiger partial charge on any atom is 0.391 e. The summed E-state index contributed by atoms with van der Waals surface area (Å²) in [6.45, 7) is 0. The Kier molecular flexibility index (Phi) is 2.42. The molecule has 1 saturated carbocycles. The molecule has 0 aromatic rings. The van der Waals surface area contributed by atoms with Crippen LogP contribution in [0.3, 0.4) is 0 Å². The van der Waals surface area contributed by atoms with E-state index in [0.717, 1.165) is 12.8 Å². The lowest BCUT2D eigenvalue weighted by molar-refractivity contribution is -0.154. The lowest BCUT2D eigenvalue weighted by Crippen LogP contribution is -2.19. The summed E-state index contributed by atoms with van der Waals surface area (Å²) < 4.78 is 34.9. The van der Waals surface area contributed by atoms with Crippen LogP contribution < -0.4 is 0 Å². The first-order valence-corrected chi connectivity index (χ1v) is 3.72. The number of hydrogen-bond acceptors (Lipinski definition) is 1. The van der Waals surface area contributed by atoms with Crippen LogP contribution in [0, 0.1) is 5.92 Å². The average Bonchev–Trinajstić information content (AvgIpc) is 2.42.